The predicted molar refractivity (Wildman–Crippen MR) is 133 cm³/mol. The molecule has 0 fully saturated rings. The van der Waals surface area contributed by atoms with Gasteiger partial charge in [-0.15, -0.1) is 0 Å². The topological polar surface area (TPSA) is 99.4 Å². The summed E-state index contributed by atoms with van der Waals surface area (Å²) in [6.07, 6.45) is 1.40. The molecule has 33 heavy (non-hydrogen) atoms. The molecule has 9 heteroatoms. The van der Waals surface area contributed by atoms with Gasteiger partial charge in [0.25, 0.3) is 5.91 Å². The van der Waals surface area contributed by atoms with Gasteiger partial charge in [0.15, 0.2) is 0 Å². The number of halogens is 3. The van der Waals surface area contributed by atoms with Crippen molar-refractivity contribution in [3.05, 3.63) is 96.9 Å². The fraction of sp³-hybridized carbons (Fsp3) is 0.0417. The number of nitrogens with zero attached hydrogens (tertiary/aromatic N) is 1. The second-order valence-corrected chi connectivity index (χ2v) is 8.85. The lowest BCUT2D eigenvalue weighted by atomic mass is 10.1. The first-order chi connectivity index (χ1) is 15.8. The van der Waals surface area contributed by atoms with E-state index >= 15 is 0 Å². The fourth-order valence-electron chi connectivity index (χ4n) is 2.82. The minimum atomic E-state index is -1.18. The van der Waals surface area contributed by atoms with Gasteiger partial charge in [-0.2, -0.15) is 5.26 Å². The molecular formula is C24H15Br2ClN2O4. The van der Waals surface area contributed by atoms with Crippen LogP contribution in [0.1, 0.15) is 21.5 Å². The fourth-order valence-corrected chi connectivity index (χ4v) is 4.40. The third-order valence-corrected chi connectivity index (χ3v) is 5.83. The molecule has 0 unspecified atom stereocenters. The third-order valence-electron chi connectivity index (χ3n) is 4.40. The largest absolute Gasteiger partial charge is 0.487 e. The number of carboxylic acid groups (broad SMARTS) is 1. The van der Waals surface area contributed by atoms with Crippen molar-refractivity contribution in [3.8, 4) is 11.8 Å². The Labute approximate surface area is 211 Å². The Morgan fingerprint density at radius 2 is 1.73 bits per heavy atom. The van der Waals surface area contributed by atoms with Crippen LogP contribution in [0, 0.1) is 11.3 Å². The van der Waals surface area contributed by atoms with Crippen molar-refractivity contribution in [2.24, 2.45) is 0 Å². The average Bonchev–Trinajstić information content (AvgIpc) is 2.78. The molecule has 0 atom stereocenters. The zero-order valence-electron chi connectivity index (χ0n) is 16.8. The van der Waals surface area contributed by atoms with Crippen molar-refractivity contribution in [2.45, 2.75) is 6.61 Å². The molecule has 0 aliphatic rings. The highest BCUT2D eigenvalue weighted by atomic mass is 79.9. The predicted octanol–water partition coefficient (Wildman–Crippen LogP) is 6.69. The summed E-state index contributed by atoms with van der Waals surface area (Å²) in [7, 11) is 0. The van der Waals surface area contributed by atoms with E-state index in [9.17, 15) is 20.0 Å². The van der Waals surface area contributed by atoms with Crippen LogP contribution >= 0.6 is 43.5 Å². The second-order valence-electron chi connectivity index (χ2n) is 6.70. The summed E-state index contributed by atoms with van der Waals surface area (Å²) in [6, 6.07) is 18.5. The van der Waals surface area contributed by atoms with Gasteiger partial charge >= 0.3 is 5.97 Å². The summed E-state index contributed by atoms with van der Waals surface area (Å²) in [5, 5.41) is 21.9. The van der Waals surface area contributed by atoms with Gasteiger partial charge in [0.2, 0.25) is 0 Å². The van der Waals surface area contributed by atoms with Crippen LogP contribution in [-0.2, 0) is 11.4 Å². The van der Waals surface area contributed by atoms with Crippen LogP contribution in [0.5, 0.6) is 5.75 Å². The van der Waals surface area contributed by atoms with E-state index in [1.807, 2.05) is 18.2 Å². The number of para-hydroxylation sites is 1. The lowest BCUT2D eigenvalue weighted by Gasteiger charge is -2.12. The van der Waals surface area contributed by atoms with Crippen molar-refractivity contribution < 1.29 is 19.4 Å². The number of benzene rings is 3. The highest BCUT2D eigenvalue weighted by Gasteiger charge is 2.16. The first-order valence-corrected chi connectivity index (χ1v) is 11.4. The van der Waals surface area contributed by atoms with E-state index in [4.69, 9.17) is 16.3 Å². The molecule has 0 spiro atoms. The Morgan fingerprint density at radius 3 is 2.33 bits per heavy atom. The molecule has 3 rings (SSSR count). The molecule has 0 bridgehead atoms. The zero-order chi connectivity index (χ0) is 24.0. The third kappa shape index (κ3) is 6.45. The number of carboxylic acids is 1. The van der Waals surface area contributed by atoms with E-state index in [1.54, 1.807) is 36.4 Å². The molecule has 0 saturated carbocycles. The van der Waals surface area contributed by atoms with Crippen LogP contribution in [-0.4, -0.2) is 17.0 Å². The van der Waals surface area contributed by atoms with Crippen LogP contribution in [0.4, 0.5) is 5.69 Å². The molecule has 0 radical (unpaired) electrons. The first-order valence-electron chi connectivity index (χ1n) is 9.40. The highest BCUT2D eigenvalue weighted by Crippen LogP contribution is 2.36. The highest BCUT2D eigenvalue weighted by molar-refractivity contribution is 9.11. The SMILES string of the molecule is N#C/C(=C\c1cc(Br)c(OCc2ccc(Cl)cc2)c(Br)c1)C(=O)Nc1ccccc1C(=O)O. The maximum absolute atomic E-state index is 12.6. The number of aromatic carboxylic acids is 1. The van der Waals surface area contributed by atoms with E-state index in [-0.39, 0.29) is 16.8 Å². The molecule has 166 valence electrons. The van der Waals surface area contributed by atoms with Crippen molar-refractivity contribution in [1.82, 2.24) is 0 Å². The molecule has 3 aromatic carbocycles. The molecular weight excluding hydrogens is 576 g/mol. The Hall–Kier alpha value is -3.12. The first kappa shape index (κ1) is 24.5. The van der Waals surface area contributed by atoms with E-state index in [0.29, 0.717) is 31.9 Å². The van der Waals surface area contributed by atoms with E-state index in [1.165, 1.54) is 18.2 Å². The van der Waals surface area contributed by atoms with E-state index < -0.39 is 11.9 Å². The van der Waals surface area contributed by atoms with Gasteiger partial charge in [0, 0.05) is 5.02 Å². The normalized spacial score (nSPS) is 10.9. The summed E-state index contributed by atoms with van der Waals surface area (Å²) in [5.41, 5.74) is 1.34. The molecule has 6 nitrogen and oxygen atoms in total. The Morgan fingerprint density at radius 1 is 1.09 bits per heavy atom. The lowest BCUT2D eigenvalue weighted by Crippen LogP contribution is -2.16. The summed E-state index contributed by atoms with van der Waals surface area (Å²) in [5.74, 6) is -1.35. The average molecular weight is 591 g/mol. The number of ether oxygens (including phenoxy) is 1. The van der Waals surface area contributed by atoms with Crippen LogP contribution in [0.15, 0.2) is 75.2 Å². The molecule has 1 amide bonds. The van der Waals surface area contributed by atoms with Gasteiger partial charge in [-0.05, 0) is 85.5 Å². The quantitative estimate of drug-likeness (QED) is 0.236. The Bertz CT molecular complexity index is 1260. The number of nitriles is 1. The zero-order valence-corrected chi connectivity index (χ0v) is 20.7. The van der Waals surface area contributed by atoms with Gasteiger partial charge in [0.05, 0.1) is 20.2 Å². The van der Waals surface area contributed by atoms with Gasteiger partial charge in [-0.3, -0.25) is 4.79 Å². The van der Waals surface area contributed by atoms with Crippen molar-refractivity contribution >= 4 is 67.1 Å². The molecule has 0 aromatic heterocycles. The molecule has 0 aliphatic carbocycles. The monoisotopic (exact) mass is 588 g/mol. The van der Waals surface area contributed by atoms with Gasteiger partial charge in [0.1, 0.15) is 24.0 Å². The summed E-state index contributed by atoms with van der Waals surface area (Å²) in [4.78, 5) is 23.9. The molecule has 0 heterocycles. The Balaban J connectivity index is 1.79. The lowest BCUT2D eigenvalue weighted by molar-refractivity contribution is -0.112. The Kier molecular flexibility index (Phi) is 8.28. The number of amides is 1. The number of hydrogen-bond acceptors (Lipinski definition) is 4. The van der Waals surface area contributed by atoms with E-state index in [0.717, 1.165) is 5.56 Å². The van der Waals surface area contributed by atoms with Crippen molar-refractivity contribution in [1.29, 1.82) is 5.26 Å². The molecule has 3 aromatic rings. The summed E-state index contributed by atoms with van der Waals surface area (Å²) < 4.78 is 7.12. The number of rotatable bonds is 7. The van der Waals surface area contributed by atoms with Gasteiger partial charge in [-0.25, -0.2) is 4.79 Å². The standard InChI is InChI=1S/C24H15Br2ClN2O4/c25-19-10-15(11-20(26)22(19)33-13-14-5-7-17(27)8-6-14)9-16(12-28)23(30)29-21-4-2-1-3-18(21)24(31)32/h1-11H,13H2,(H,29,30)(H,31,32)/b16-9+. The van der Waals surface area contributed by atoms with Crippen LogP contribution in [0.3, 0.4) is 0 Å². The van der Waals surface area contributed by atoms with Gasteiger partial charge < -0.3 is 15.2 Å². The van der Waals surface area contributed by atoms with Crippen LogP contribution < -0.4 is 10.1 Å². The van der Waals surface area contributed by atoms with E-state index in [2.05, 4.69) is 37.2 Å². The molecule has 2 N–H and O–H groups in total. The number of anilines is 1. The minimum Gasteiger partial charge on any atom is -0.487 e. The maximum atomic E-state index is 12.6. The van der Waals surface area contributed by atoms with Gasteiger partial charge in [-0.1, -0.05) is 35.9 Å². The second kappa shape index (κ2) is 11.1. The number of nitrogens with one attached hydrogen (secondary N) is 1. The van der Waals surface area contributed by atoms with Crippen LogP contribution in [0.2, 0.25) is 5.02 Å². The number of hydrogen-bond donors (Lipinski definition) is 2. The summed E-state index contributed by atoms with van der Waals surface area (Å²) >= 11 is 12.8. The summed E-state index contributed by atoms with van der Waals surface area (Å²) in [6.45, 7) is 0.318. The smallest absolute Gasteiger partial charge is 0.337 e. The number of carbonyl (C=O) groups is 2. The van der Waals surface area contributed by atoms with Crippen molar-refractivity contribution in [3.63, 3.8) is 0 Å². The van der Waals surface area contributed by atoms with Crippen molar-refractivity contribution in [2.75, 3.05) is 5.32 Å². The number of carbonyl (C=O) groups excluding carboxylic acids is 1. The minimum absolute atomic E-state index is 0.0733. The van der Waals surface area contributed by atoms with Crippen LogP contribution in [0.25, 0.3) is 6.08 Å². The maximum Gasteiger partial charge on any atom is 0.337 e. The molecule has 0 saturated heterocycles. The molecule has 0 aliphatic heterocycles.